The molecule has 1 saturated heterocycles. The van der Waals surface area contributed by atoms with E-state index in [1.807, 2.05) is 0 Å². The van der Waals surface area contributed by atoms with Crippen LogP contribution in [0.15, 0.2) is 24.3 Å². The van der Waals surface area contributed by atoms with Crippen molar-refractivity contribution >= 4 is 28.9 Å². The van der Waals surface area contributed by atoms with E-state index in [0.29, 0.717) is 23.9 Å². The first-order chi connectivity index (χ1) is 9.83. The van der Waals surface area contributed by atoms with Gasteiger partial charge in [-0.2, -0.15) is 0 Å². The number of ether oxygens (including phenoxy) is 1. The highest BCUT2D eigenvalue weighted by Crippen LogP contribution is 2.24. The summed E-state index contributed by atoms with van der Waals surface area (Å²) in [6, 6.07) is 5.19. The molecule has 0 unspecified atom stereocenters. The van der Waals surface area contributed by atoms with E-state index in [9.17, 15) is 18.0 Å². The van der Waals surface area contributed by atoms with Crippen molar-refractivity contribution in [1.29, 1.82) is 0 Å². The minimum atomic E-state index is -4.72. The average molecular weight is 319 g/mol. The van der Waals surface area contributed by atoms with Crippen molar-refractivity contribution in [2.45, 2.75) is 6.36 Å². The molecule has 1 amide bonds. The molecule has 0 spiro atoms. The predicted octanol–water partition coefficient (Wildman–Crippen LogP) is 1.71. The van der Waals surface area contributed by atoms with Crippen LogP contribution in [0, 0.1) is 0 Å². The van der Waals surface area contributed by atoms with Crippen LogP contribution >= 0.6 is 12.2 Å². The Morgan fingerprint density at radius 3 is 2.57 bits per heavy atom. The van der Waals surface area contributed by atoms with Gasteiger partial charge in [0.25, 0.3) is 0 Å². The number of rotatable bonds is 2. The number of thiocarbonyl (C=S) groups is 1. The first-order valence-electron chi connectivity index (χ1n) is 6.02. The predicted molar refractivity (Wildman–Crippen MR) is 73.9 cm³/mol. The van der Waals surface area contributed by atoms with Gasteiger partial charge in [-0.15, -0.1) is 13.2 Å². The Morgan fingerprint density at radius 1 is 1.33 bits per heavy atom. The molecule has 0 saturated carbocycles. The van der Waals surface area contributed by atoms with Gasteiger partial charge in [-0.05, 0) is 36.5 Å². The van der Waals surface area contributed by atoms with Crippen molar-refractivity contribution in [3.05, 3.63) is 24.3 Å². The van der Waals surface area contributed by atoms with Crippen molar-refractivity contribution in [2.24, 2.45) is 0 Å². The molecule has 114 valence electrons. The van der Waals surface area contributed by atoms with E-state index in [4.69, 9.17) is 12.2 Å². The number of piperazine rings is 1. The third kappa shape index (κ3) is 4.78. The molecule has 1 heterocycles. The lowest BCUT2D eigenvalue weighted by Crippen LogP contribution is -2.51. The molecule has 1 aliphatic rings. The highest BCUT2D eigenvalue weighted by molar-refractivity contribution is 7.80. The van der Waals surface area contributed by atoms with Gasteiger partial charge in [0.15, 0.2) is 5.11 Å². The smallest absolute Gasteiger partial charge is 0.406 e. The van der Waals surface area contributed by atoms with Gasteiger partial charge in [0, 0.05) is 18.8 Å². The summed E-state index contributed by atoms with van der Waals surface area (Å²) >= 11 is 5.15. The molecular weight excluding hydrogens is 307 g/mol. The highest BCUT2D eigenvalue weighted by atomic mass is 32.1. The first kappa shape index (κ1) is 15.4. The summed E-state index contributed by atoms with van der Waals surface area (Å²) in [7, 11) is 0. The second-order valence-corrected chi connectivity index (χ2v) is 4.66. The highest BCUT2D eigenvalue weighted by Gasteiger charge is 2.31. The molecule has 0 aromatic heterocycles. The number of nitrogens with one attached hydrogen (secondary N) is 2. The third-order valence-electron chi connectivity index (χ3n) is 2.66. The van der Waals surface area contributed by atoms with Crippen LogP contribution in [0.1, 0.15) is 0 Å². The third-order valence-corrected chi connectivity index (χ3v) is 3.02. The van der Waals surface area contributed by atoms with E-state index >= 15 is 0 Å². The molecule has 21 heavy (non-hydrogen) atoms. The van der Waals surface area contributed by atoms with Gasteiger partial charge in [0.1, 0.15) is 5.75 Å². The van der Waals surface area contributed by atoms with Gasteiger partial charge in [-0.1, -0.05) is 0 Å². The fourth-order valence-corrected chi connectivity index (χ4v) is 2.03. The number of nitrogens with zero attached hydrogens (tertiary/aromatic N) is 1. The first-order valence-corrected chi connectivity index (χ1v) is 6.43. The summed E-state index contributed by atoms with van der Waals surface area (Å²) in [6.45, 7) is 1.23. The van der Waals surface area contributed by atoms with E-state index in [-0.39, 0.29) is 18.2 Å². The van der Waals surface area contributed by atoms with Crippen LogP contribution < -0.4 is 15.4 Å². The molecule has 2 N–H and O–H groups in total. The Hall–Kier alpha value is -2.03. The Labute approximate surface area is 124 Å². The number of halogens is 3. The van der Waals surface area contributed by atoms with Crippen molar-refractivity contribution < 1.29 is 22.7 Å². The van der Waals surface area contributed by atoms with Crippen molar-refractivity contribution in [3.63, 3.8) is 0 Å². The monoisotopic (exact) mass is 319 g/mol. The van der Waals surface area contributed by atoms with E-state index in [1.165, 1.54) is 24.3 Å². The second kappa shape index (κ2) is 6.17. The summed E-state index contributed by atoms with van der Waals surface area (Å²) < 4.78 is 39.9. The number of carbonyl (C=O) groups is 1. The molecule has 0 atom stereocenters. The molecule has 1 aromatic rings. The molecule has 1 aromatic carbocycles. The maximum atomic E-state index is 12.0. The minimum absolute atomic E-state index is 0.126. The quantitative estimate of drug-likeness (QED) is 0.813. The Balaban J connectivity index is 1.93. The summed E-state index contributed by atoms with van der Waals surface area (Å²) in [5.41, 5.74) is 0.514. The molecule has 0 radical (unpaired) electrons. The SMILES string of the molecule is O=C1CN(C(=S)Nc2ccc(OC(F)(F)F)cc2)CCN1. The Kier molecular flexibility index (Phi) is 4.51. The molecule has 5 nitrogen and oxygen atoms in total. The van der Waals surface area contributed by atoms with Gasteiger partial charge >= 0.3 is 6.36 Å². The van der Waals surface area contributed by atoms with Crippen LogP contribution in [0.3, 0.4) is 0 Å². The molecule has 9 heteroatoms. The summed E-state index contributed by atoms with van der Waals surface area (Å²) in [5, 5.41) is 5.87. The van der Waals surface area contributed by atoms with Crippen molar-refractivity contribution in [3.8, 4) is 5.75 Å². The zero-order chi connectivity index (χ0) is 15.5. The molecule has 0 bridgehead atoms. The number of benzene rings is 1. The van der Waals surface area contributed by atoms with Crippen LogP contribution in [0.4, 0.5) is 18.9 Å². The average Bonchev–Trinajstić information content (AvgIpc) is 2.39. The van der Waals surface area contributed by atoms with E-state index in [0.717, 1.165) is 0 Å². The number of alkyl halides is 3. The molecule has 2 rings (SSSR count). The molecule has 1 fully saturated rings. The minimum Gasteiger partial charge on any atom is -0.406 e. The van der Waals surface area contributed by atoms with Crippen LogP contribution in [-0.2, 0) is 4.79 Å². The number of hydrogen-bond donors (Lipinski definition) is 2. The van der Waals surface area contributed by atoms with Gasteiger partial charge in [-0.3, -0.25) is 4.79 Å². The lowest BCUT2D eigenvalue weighted by atomic mass is 10.3. The maximum Gasteiger partial charge on any atom is 0.573 e. The lowest BCUT2D eigenvalue weighted by Gasteiger charge is -2.29. The van der Waals surface area contributed by atoms with Crippen LogP contribution in [-0.4, -0.2) is 41.9 Å². The summed E-state index contributed by atoms with van der Waals surface area (Å²) in [6.07, 6.45) is -4.72. The second-order valence-electron chi connectivity index (χ2n) is 4.27. The zero-order valence-corrected chi connectivity index (χ0v) is 11.6. The van der Waals surface area contributed by atoms with Gasteiger partial charge in [-0.25, -0.2) is 0 Å². The fraction of sp³-hybridized carbons (Fsp3) is 0.333. The van der Waals surface area contributed by atoms with Gasteiger partial charge in [0.05, 0.1) is 6.54 Å². The van der Waals surface area contributed by atoms with Gasteiger partial charge < -0.3 is 20.3 Å². The Bertz CT molecular complexity index is 534. The zero-order valence-electron chi connectivity index (χ0n) is 10.7. The topological polar surface area (TPSA) is 53.6 Å². The Morgan fingerprint density at radius 2 is 2.00 bits per heavy atom. The molecule has 1 aliphatic heterocycles. The van der Waals surface area contributed by atoms with Crippen molar-refractivity contribution in [1.82, 2.24) is 10.2 Å². The van der Waals surface area contributed by atoms with Crippen LogP contribution in [0.25, 0.3) is 0 Å². The molecular formula is C12H12F3N3O2S. The number of anilines is 1. The number of amides is 1. The lowest BCUT2D eigenvalue weighted by molar-refractivity contribution is -0.274. The van der Waals surface area contributed by atoms with Gasteiger partial charge in [0.2, 0.25) is 5.91 Å². The van der Waals surface area contributed by atoms with Crippen LogP contribution in [0.5, 0.6) is 5.75 Å². The maximum absolute atomic E-state index is 12.0. The summed E-state index contributed by atoms with van der Waals surface area (Å²) in [5.74, 6) is -0.435. The standard InChI is InChI=1S/C12H12F3N3O2S/c13-12(14,15)20-9-3-1-8(2-4-9)17-11(21)18-6-5-16-10(19)7-18/h1-4H,5-7H2,(H,16,19)(H,17,21). The molecule has 0 aliphatic carbocycles. The summed E-state index contributed by atoms with van der Waals surface area (Å²) in [4.78, 5) is 12.9. The fourth-order valence-electron chi connectivity index (χ4n) is 1.75. The van der Waals surface area contributed by atoms with Crippen molar-refractivity contribution in [2.75, 3.05) is 25.0 Å². The normalized spacial score (nSPS) is 15.4. The van der Waals surface area contributed by atoms with Crippen LogP contribution in [0.2, 0.25) is 0 Å². The van der Waals surface area contributed by atoms with E-state index in [1.54, 1.807) is 4.90 Å². The van der Waals surface area contributed by atoms with E-state index in [2.05, 4.69) is 15.4 Å². The number of hydrogen-bond acceptors (Lipinski definition) is 3. The largest absolute Gasteiger partial charge is 0.573 e. The van der Waals surface area contributed by atoms with E-state index < -0.39 is 6.36 Å². The number of carbonyl (C=O) groups excluding carboxylic acids is 1.